The van der Waals surface area contributed by atoms with Crippen molar-refractivity contribution in [2.24, 2.45) is 5.92 Å². The van der Waals surface area contributed by atoms with Crippen LogP contribution in [-0.2, 0) is 16.1 Å². The van der Waals surface area contributed by atoms with Crippen molar-refractivity contribution >= 4 is 16.9 Å². The largest absolute Gasteiger partial charge is 0.507 e. The molecule has 7 nitrogen and oxygen atoms in total. The summed E-state index contributed by atoms with van der Waals surface area (Å²) >= 11 is 0. The van der Waals surface area contributed by atoms with E-state index in [1.807, 2.05) is 35.2 Å². The van der Waals surface area contributed by atoms with Crippen molar-refractivity contribution in [3.8, 4) is 16.9 Å². The van der Waals surface area contributed by atoms with E-state index in [1.54, 1.807) is 19.1 Å². The number of ether oxygens (including phenoxy) is 1. The van der Waals surface area contributed by atoms with Crippen molar-refractivity contribution in [2.75, 3.05) is 39.4 Å². The van der Waals surface area contributed by atoms with Gasteiger partial charge >= 0.3 is 0 Å². The molecule has 7 heteroatoms. The zero-order valence-electron chi connectivity index (χ0n) is 19.5. The first-order valence-electron chi connectivity index (χ1n) is 12.0. The monoisotopic (exact) mass is 462 g/mol. The van der Waals surface area contributed by atoms with Crippen LogP contribution in [0, 0.1) is 12.8 Å². The molecule has 1 aromatic heterocycles. The van der Waals surface area contributed by atoms with Gasteiger partial charge in [0.15, 0.2) is 0 Å². The first-order valence-corrected chi connectivity index (χ1v) is 12.0. The van der Waals surface area contributed by atoms with E-state index in [9.17, 15) is 14.7 Å². The van der Waals surface area contributed by atoms with Crippen molar-refractivity contribution in [1.29, 1.82) is 0 Å². The Morgan fingerprint density at radius 3 is 2.44 bits per heavy atom. The minimum atomic E-state index is -0.0963. The summed E-state index contributed by atoms with van der Waals surface area (Å²) in [5.74, 6) is 0.912. The number of nitrogens with zero attached hydrogens (tertiary/aromatic N) is 2. The summed E-state index contributed by atoms with van der Waals surface area (Å²) in [5, 5.41) is 11.1. The number of phenols is 1. The van der Waals surface area contributed by atoms with Crippen molar-refractivity contribution < 1.29 is 19.1 Å². The standard InChI is InChI=1S/C27H30N2O5/c1-18-24(19-5-3-2-4-6-19)25(31)21-7-8-23(30)22(26(21)34-18)17-28-11-9-20(10-12-28)27(32)29-13-15-33-16-14-29/h2-8,20,30H,9-17H2,1H3. The fourth-order valence-electron chi connectivity index (χ4n) is 5.11. The molecule has 2 saturated heterocycles. The summed E-state index contributed by atoms with van der Waals surface area (Å²) in [4.78, 5) is 30.3. The van der Waals surface area contributed by atoms with Gasteiger partial charge in [-0.1, -0.05) is 30.3 Å². The van der Waals surface area contributed by atoms with Crippen molar-refractivity contribution in [1.82, 2.24) is 9.80 Å². The number of benzene rings is 2. The highest BCUT2D eigenvalue weighted by Crippen LogP contribution is 2.32. The highest BCUT2D eigenvalue weighted by Gasteiger charge is 2.30. The third-order valence-corrected chi connectivity index (χ3v) is 7.02. The number of piperidine rings is 1. The van der Waals surface area contributed by atoms with E-state index in [0.717, 1.165) is 31.5 Å². The van der Waals surface area contributed by atoms with Crippen molar-refractivity contribution in [3.63, 3.8) is 0 Å². The van der Waals surface area contributed by atoms with E-state index in [2.05, 4.69) is 4.90 Å². The maximum Gasteiger partial charge on any atom is 0.225 e. The van der Waals surface area contributed by atoms with Crippen LogP contribution in [0.4, 0.5) is 0 Å². The molecule has 3 aromatic rings. The third kappa shape index (κ3) is 4.33. The molecule has 34 heavy (non-hydrogen) atoms. The summed E-state index contributed by atoms with van der Waals surface area (Å²) in [6.45, 7) is 6.33. The topological polar surface area (TPSA) is 83.2 Å². The molecule has 5 rings (SSSR count). The van der Waals surface area contributed by atoms with E-state index < -0.39 is 0 Å². The Morgan fingerprint density at radius 1 is 1.03 bits per heavy atom. The summed E-state index contributed by atoms with van der Waals surface area (Å²) in [6, 6.07) is 12.7. The number of rotatable bonds is 4. The fourth-order valence-corrected chi connectivity index (χ4v) is 5.11. The van der Waals surface area contributed by atoms with E-state index in [-0.39, 0.29) is 23.0 Å². The number of hydrogen-bond donors (Lipinski definition) is 1. The summed E-state index contributed by atoms with van der Waals surface area (Å²) in [6.07, 6.45) is 1.56. The highest BCUT2D eigenvalue weighted by molar-refractivity contribution is 5.86. The van der Waals surface area contributed by atoms with Gasteiger partial charge in [-0.25, -0.2) is 0 Å². The van der Waals surface area contributed by atoms with Crippen LogP contribution in [0.25, 0.3) is 22.1 Å². The molecular weight excluding hydrogens is 432 g/mol. The molecule has 2 aromatic carbocycles. The molecule has 2 aliphatic heterocycles. The molecule has 0 radical (unpaired) electrons. The number of amides is 1. The van der Waals surface area contributed by atoms with Gasteiger partial charge in [0.05, 0.1) is 29.7 Å². The molecule has 0 bridgehead atoms. The lowest BCUT2D eigenvalue weighted by Crippen LogP contribution is -2.46. The molecule has 0 saturated carbocycles. The number of aromatic hydroxyl groups is 1. The van der Waals surface area contributed by atoms with Gasteiger partial charge in [0.25, 0.3) is 0 Å². The molecule has 2 fully saturated rings. The number of fused-ring (bicyclic) bond motifs is 1. The van der Waals surface area contributed by atoms with Crippen LogP contribution < -0.4 is 5.43 Å². The van der Waals surface area contributed by atoms with Crippen LogP contribution in [0.2, 0.25) is 0 Å². The molecule has 1 N–H and O–H groups in total. The van der Waals surface area contributed by atoms with Gasteiger partial charge < -0.3 is 19.2 Å². The number of carbonyl (C=O) groups is 1. The summed E-state index contributed by atoms with van der Waals surface area (Å²) in [7, 11) is 0. The maximum atomic E-state index is 13.4. The molecule has 0 unspecified atom stereocenters. The highest BCUT2D eigenvalue weighted by atomic mass is 16.5. The molecule has 1 amide bonds. The first-order chi connectivity index (χ1) is 16.5. The van der Waals surface area contributed by atoms with E-state index in [4.69, 9.17) is 9.15 Å². The lowest BCUT2D eigenvalue weighted by atomic mass is 9.94. The normalized spacial score (nSPS) is 17.9. The SMILES string of the molecule is Cc1oc2c(CN3CCC(C(=O)N4CCOCC4)CC3)c(O)ccc2c(=O)c1-c1ccccc1. The zero-order valence-corrected chi connectivity index (χ0v) is 19.5. The number of hydrogen-bond acceptors (Lipinski definition) is 6. The number of aryl methyl sites for hydroxylation is 1. The Morgan fingerprint density at radius 2 is 1.74 bits per heavy atom. The fraction of sp³-hybridized carbons (Fsp3) is 0.407. The Balaban J connectivity index is 1.37. The quantitative estimate of drug-likeness (QED) is 0.639. The minimum Gasteiger partial charge on any atom is -0.507 e. The Labute approximate surface area is 198 Å². The van der Waals surface area contributed by atoms with Gasteiger partial charge in [-0.05, 0) is 50.6 Å². The molecule has 2 aliphatic rings. The Bertz CT molecular complexity index is 1240. The number of likely N-dealkylation sites (tertiary alicyclic amines) is 1. The van der Waals surface area contributed by atoms with E-state index >= 15 is 0 Å². The van der Waals surface area contributed by atoms with E-state index in [0.29, 0.717) is 60.7 Å². The zero-order chi connectivity index (χ0) is 23.7. The van der Waals surface area contributed by atoms with Crippen molar-refractivity contribution in [2.45, 2.75) is 26.3 Å². The van der Waals surface area contributed by atoms with Crippen LogP contribution in [-0.4, -0.2) is 60.2 Å². The number of morpholine rings is 1. The van der Waals surface area contributed by atoms with Gasteiger partial charge in [0.2, 0.25) is 11.3 Å². The Kier molecular flexibility index (Phi) is 6.39. The van der Waals surface area contributed by atoms with Crippen LogP contribution in [0.1, 0.15) is 24.2 Å². The second kappa shape index (κ2) is 9.60. The molecule has 0 spiro atoms. The van der Waals surface area contributed by atoms with Gasteiger partial charge in [0.1, 0.15) is 17.1 Å². The average Bonchev–Trinajstić information content (AvgIpc) is 2.87. The second-order valence-electron chi connectivity index (χ2n) is 9.16. The predicted molar refractivity (Wildman–Crippen MR) is 130 cm³/mol. The first kappa shape index (κ1) is 22.6. The molecule has 0 atom stereocenters. The third-order valence-electron chi connectivity index (χ3n) is 7.02. The van der Waals surface area contributed by atoms with Crippen molar-refractivity contribution in [3.05, 3.63) is 64.0 Å². The van der Waals surface area contributed by atoms with Crippen LogP contribution in [0.5, 0.6) is 5.75 Å². The van der Waals surface area contributed by atoms with Gasteiger partial charge in [-0.2, -0.15) is 0 Å². The molecule has 178 valence electrons. The van der Waals surface area contributed by atoms with Gasteiger partial charge in [0, 0.05) is 25.6 Å². The smallest absolute Gasteiger partial charge is 0.225 e. The summed E-state index contributed by atoms with van der Waals surface area (Å²) in [5.41, 5.74) is 2.33. The lowest BCUT2D eigenvalue weighted by molar-refractivity contribution is -0.141. The van der Waals surface area contributed by atoms with Gasteiger partial charge in [-0.15, -0.1) is 0 Å². The predicted octanol–water partition coefficient (Wildman–Crippen LogP) is 3.54. The van der Waals surface area contributed by atoms with Gasteiger partial charge in [-0.3, -0.25) is 14.5 Å². The second-order valence-corrected chi connectivity index (χ2v) is 9.16. The van der Waals surface area contributed by atoms with Crippen LogP contribution in [0.15, 0.2) is 51.7 Å². The number of carbonyl (C=O) groups excluding carboxylic acids is 1. The molecular formula is C27H30N2O5. The van der Waals surface area contributed by atoms with E-state index in [1.165, 1.54) is 0 Å². The average molecular weight is 463 g/mol. The minimum absolute atomic E-state index is 0.0315. The van der Waals surface area contributed by atoms with Crippen LogP contribution in [0.3, 0.4) is 0 Å². The van der Waals surface area contributed by atoms with Crippen LogP contribution >= 0.6 is 0 Å². The maximum absolute atomic E-state index is 13.4. The number of phenolic OH excluding ortho intramolecular Hbond substituents is 1. The molecule has 3 heterocycles. The Hall–Kier alpha value is -3.16. The summed E-state index contributed by atoms with van der Waals surface area (Å²) < 4.78 is 11.5. The lowest BCUT2D eigenvalue weighted by Gasteiger charge is -2.35. The molecule has 0 aliphatic carbocycles.